The molecule has 3 nitrogen and oxygen atoms in total. The van der Waals surface area contributed by atoms with Crippen LogP contribution in [0.4, 0.5) is 5.82 Å². The lowest BCUT2D eigenvalue weighted by Gasteiger charge is -2.31. The third kappa shape index (κ3) is 3.70. The zero-order chi connectivity index (χ0) is 13.5. The van der Waals surface area contributed by atoms with Gasteiger partial charge in [-0.15, -0.1) is 0 Å². The average Bonchev–Trinajstić information content (AvgIpc) is 2.39. The Morgan fingerprint density at radius 3 is 2.61 bits per heavy atom. The Bertz CT molecular complexity index is 352. The Morgan fingerprint density at radius 1 is 1.33 bits per heavy atom. The van der Waals surface area contributed by atoms with Gasteiger partial charge in [-0.3, -0.25) is 0 Å². The maximum atomic E-state index is 9.87. The third-order valence-corrected chi connectivity index (χ3v) is 3.41. The summed E-state index contributed by atoms with van der Waals surface area (Å²) in [6.07, 6.45) is 4.74. The Hall–Kier alpha value is -1.09. The second-order valence-electron chi connectivity index (χ2n) is 4.90. The monoisotopic (exact) mass is 250 g/mol. The lowest BCUT2D eigenvalue weighted by molar-refractivity contribution is 0.199. The predicted molar refractivity (Wildman–Crippen MR) is 76.9 cm³/mol. The highest BCUT2D eigenvalue weighted by atomic mass is 16.3. The maximum absolute atomic E-state index is 9.87. The molecule has 3 heteroatoms. The summed E-state index contributed by atoms with van der Waals surface area (Å²) < 4.78 is 0. The van der Waals surface area contributed by atoms with Gasteiger partial charge in [-0.05, 0) is 32.8 Å². The van der Waals surface area contributed by atoms with Crippen molar-refractivity contribution in [2.75, 3.05) is 11.4 Å². The number of hydrogen-bond acceptors (Lipinski definition) is 3. The van der Waals surface area contributed by atoms with Crippen molar-refractivity contribution in [3.63, 3.8) is 0 Å². The molecule has 0 aromatic carbocycles. The van der Waals surface area contributed by atoms with Crippen LogP contribution in [-0.2, 0) is 0 Å². The van der Waals surface area contributed by atoms with E-state index >= 15 is 0 Å². The Labute approximate surface area is 111 Å². The number of aliphatic hydroxyl groups excluding tert-OH is 1. The van der Waals surface area contributed by atoms with E-state index in [1.165, 1.54) is 6.42 Å². The predicted octanol–water partition coefficient (Wildman–Crippen LogP) is 3.54. The molecular formula is C15H26N2O. The van der Waals surface area contributed by atoms with Gasteiger partial charge in [0, 0.05) is 24.3 Å². The molecule has 1 rings (SSSR count). The van der Waals surface area contributed by atoms with Crippen molar-refractivity contribution < 1.29 is 5.11 Å². The molecule has 0 saturated carbocycles. The SMILES string of the molecule is CCCCN(c1ncccc1C(C)O)C(C)CC. The number of pyridine rings is 1. The van der Waals surface area contributed by atoms with Gasteiger partial charge in [-0.25, -0.2) is 4.98 Å². The largest absolute Gasteiger partial charge is 0.389 e. The first-order chi connectivity index (χ1) is 8.61. The van der Waals surface area contributed by atoms with Gasteiger partial charge in [0.05, 0.1) is 6.10 Å². The first kappa shape index (κ1) is 15.0. The fourth-order valence-electron chi connectivity index (χ4n) is 2.06. The van der Waals surface area contributed by atoms with Gasteiger partial charge in [0.25, 0.3) is 0 Å². The fraction of sp³-hybridized carbons (Fsp3) is 0.667. The summed E-state index contributed by atoms with van der Waals surface area (Å²) in [5.41, 5.74) is 0.925. The van der Waals surface area contributed by atoms with Crippen LogP contribution in [0.15, 0.2) is 18.3 Å². The molecule has 2 unspecified atom stereocenters. The molecule has 0 bridgehead atoms. The van der Waals surface area contributed by atoms with Gasteiger partial charge in [-0.1, -0.05) is 26.3 Å². The second-order valence-corrected chi connectivity index (χ2v) is 4.90. The first-order valence-electron chi connectivity index (χ1n) is 7.01. The van der Waals surface area contributed by atoms with Crippen molar-refractivity contribution in [1.29, 1.82) is 0 Å². The molecule has 0 fully saturated rings. The van der Waals surface area contributed by atoms with Gasteiger partial charge >= 0.3 is 0 Å². The lowest BCUT2D eigenvalue weighted by Crippen LogP contribution is -2.35. The van der Waals surface area contributed by atoms with Crippen molar-refractivity contribution in [3.05, 3.63) is 23.9 Å². The zero-order valence-electron chi connectivity index (χ0n) is 12.1. The van der Waals surface area contributed by atoms with E-state index in [2.05, 4.69) is 30.7 Å². The van der Waals surface area contributed by atoms with Crippen molar-refractivity contribution in [2.45, 2.75) is 59.1 Å². The summed E-state index contributed by atoms with van der Waals surface area (Å²) >= 11 is 0. The summed E-state index contributed by atoms with van der Waals surface area (Å²) in [5, 5.41) is 9.87. The van der Waals surface area contributed by atoms with Crippen LogP contribution >= 0.6 is 0 Å². The quantitative estimate of drug-likeness (QED) is 0.804. The minimum Gasteiger partial charge on any atom is -0.389 e. The number of aromatic nitrogens is 1. The molecule has 0 spiro atoms. The molecule has 0 aliphatic rings. The minimum absolute atomic E-state index is 0.448. The Morgan fingerprint density at radius 2 is 2.06 bits per heavy atom. The van der Waals surface area contributed by atoms with Gasteiger partial charge in [0.1, 0.15) is 5.82 Å². The lowest BCUT2D eigenvalue weighted by atomic mass is 10.1. The van der Waals surface area contributed by atoms with Gasteiger partial charge in [0.2, 0.25) is 0 Å². The highest BCUT2D eigenvalue weighted by Crippen LogP contribution is 2.26. The topological polar surface area (TPSA) is 36.4 Å². The van der Waals surface area contributed by atoms with E-state index in [-0.39, 0.29) is 0 Å². The van der Waals surface area contributed by atoms with Crippen LogP contribution in [0.3, 0.4) is 0 Å². The number of aliphatic hydroxyl groups is 1. The second kappa shape index (κ2) is 7.37. The summed E-state index contributed by atoms with van der Waals surface area (Å²) in [6, 6.07) is 4.30. The number of unbranched alkanes of at least 4 members (excludes halogenated alkanes) is 1. The third-order valence-electron chi connectivity index (χ3n) is 3.41. The number of rotatable bonds is 7. The highest BCUT2D eigenvalue weighted by molar-refractivity contribution is 5.48. The van der Waals surface area contributed by atoms with Crippen molar-refractivity contribution >= 4 is 5.82 Å². The highest BCUT2D eigenvalue weighted by Gasteiger charge is 2.18. The molecule has 1 aromatic heterocycles. The normalized spacial score (nSPS) is 14.3. The van der Waals surface area contributed by atoms with E-state index in [0.29, 0.717) is 6.04 Å². The number of anilines is 1. The molecule has 0 aliphatic carbocycles. The maximum Gasteiger partial charge on any atom is 0.134 e. The van der Waals surface area contributed by atoms with Gasteiger partial charge in [0.15, 0.2) is 0 Å². The fourth-order valence-corrected chi connectivity index (χ4v) is 2.06. The van der Waals surface area contributed by atoms with Crippen LogP contribution in [0, 0.1) is 0 Å². The molecule has 1 heterocycles. The summed E-state index contributed by atoms with van der Waals surface area (Å²) in [7, 11) is 0. The van der Waals surface area contributed by atoms with Crippen LogP contribution < -0.4 is 4.90 Å². The molecule has 18 heavy (non-hydrogen) atoms. The molecule has 0 saturated heterocycles. The Balaban J connectivity index is 3.03. The molecule has 0 amide bonds. The van der Waals surface area contributed by atoms with E-state index in [0.717, 1.165) is 30.8 Å². The van der Waals surface area contributed by atoms with E-state index in [1.807, 2.05) is 18.3 Å². The van der Waals surface area contributed by atoms with Crippen LogP contribution in [-0.4, -0.2) is 22.7 Å². The van der Waals surface area contributed by atoms with Crippen LogP contribution in [0.25, 0.3) is 0 Å². The van der Waals surface area contributed by atoms with Crippen LogP contribution in [0.5, 0.6) is 0 Å². The van der Waals surface area contributed by atoms with Gasteiger partial charge < -0.3 is 10.0 Å². The van der Waals surface area contributed by atoms with Crippen molar-refractivity contribution in [1.82, 2.24) is 4.98 Å². The first-order valence-corrected chi connectivity index (χ1v) is 7.01. The van der Waals surface area contributed by atoms with E-state index < -0.39 is 6.10 Å². The molecule has 0 aliphatic heterocycles. The van der Waals surface area contributed by atoms with Crippen molar-refractivity contribution in [2.24, 2.45) is 0 Å². The summed E-state index contributed by atoms with van der Waals surface area (Å²) in [6.45, 7) is 9.41. The molecule has 2 atom stereocenters. The molecule has 1 N–H and O–H groups in total. The van der Waals surface area contributed by atoms with Crippen LogP contribution in [0.2, 0.25) is 0 Å². The van der Waals surface area contributed by atoms with E-state index in [1.54, 1.807) is 6.92 Å². The standard InChI is InChI=1S/C15H26N2O/c1-5-7-11-17(12(3)6-2)15-14(13(4)18)9-8-10-16-15/h8-10,12-13,18H,5-7,11H2,1-4H3. The minimum atomic E-state index is -0.470. The van der Waals surface area contributed by atoms with Gasteiger partial charge in [-0.2, -0.15) is 0 Å². The average molecular weight is 250 g/mol. The van der Waals surface area contributed by atoms with E-state index in [9.17, 15) is 5.11 Å². The van der Waals surface area contributed by atoms with Crippen molar-refractivity contribution in [3.8, 4) is 0 Å². The zero-order valence-corrected chi connectivity index (χ0v) is 12.1. The van der Waals surface area contributed by atoms with Crippen LogP contribution in [0.1, 0.15) is 58.6 Å². The molecule has 0 radical (unpaired) electrons. The molecule has 1 aromatic rings. The molecular weight excluding hydrogens is 224 g/mol. The summed E-state index contributed by atoms with van der Waals surface area (Å²) in [5.74, 6) is 0.940. The number of hydrogen-bond donors (Lipinski definition) is 1. The van der Waals surface area contributed by atoms with E-state index in [4.69, 9.17) is 0 Å². The summed E-state index contributed by atoms with van der Waals surface area (Å²) in [4.78, 5) is 6.81. The number of nitrogens with zero attached hydrogens (tertiary/aromatic N) is 2. The smallest absolute Gasteiger partial charge is 0.134 e. The molecule has 102 valence electrons. The Kier molecular flexibility index (Phi) is 6.13.